The van der Waals surface area contributed by atoms with Gasteiger partial charge < -0.3 is 5.32 Å². The van der Waals surface area contributed by atoms with Gasteiger partial charge in [0.2, 0.25) is 5.91 Å². The predicted octanol–water partition coefficient (Wildman–Crippen LogP) is 4.14. The highest BCUT2D eigenvalue weighted by Crippen LogP contribution is 2.31. The van der Waals surface area contributed by atoms with Gasteiger partial charge in [0.1, 0.15) is 16.8 Å². The van der Waals surface area contributed by atoms with Crippen molar-refractivity contribution in [1.82, 2.24) is 14.3 Å². The van der Waals surface area contributed by atoms with Crippen LogP contribution < -0.4 is 10.9 Å². The van der Waals surface area contributed by atoms with E-state index in [2.05, 4.69) is 11.4 Å². The zero-order chi connectivity index (χ0) is 23.5. The molecule has 1 amide bonds. The molecule has 2 heterocycles. The maximum Gasteiger partial charge on any atom is 0.295 e. The molecule has 0 aliphatic heterocycles. The first kappa shape index (κ1) is 22.9. The minimum absolute atomic E-state index is 0.267. The van der Waals surface area contributed by atoms with Gasteiger partial charge >= 0.3 is 0 Å². The molecule has 1 atom stereocenters. The fourth-order valence-corrected chi connectivity index (χ4v) is 5.15. The number of hydrogen-bond donors (Lipinski definition) is 1. The number of anilines is 1. The molecule has 0 spiro atoms. The minimum atomic E-state index is -0.476. The second-order valence-electron chi connectivity index (χ2n) is 8.21. The molecule has 1 aromatic carbocycles. The van der Waals surface area contributed by atoms with Crippen molar-refractivity contribution in [2.75, 3.05) is 5.32 Å². The molecule has 1 aliphatic carbocycles. The normalized spacial score (nSPS) is 13.8. The summed E-state index contributed by atoms with van der Waals surface area (Å²) in [6.07, 6.45) is 4.59. The average Bonchev–Trinajstić information content (AvgIpc) is 3.05. The number of thioether (sulfide) groups is 1. The summed E-state index contributed by atoms with van der Waals surface area (Å²) in [6, 6.07) is 13.5. The Morgan fingerprint density at radius 3 is 2.70 bits per heavy atom. The van der Waals surface area contributed by atoms with Crippen LogP contribution in [0, 0.1) is 18.3 Å². The third-order valence-corrected chi connectivity index (χ3v) is 7.47. The van der Waals surface area contributed by atoms with Crippen LogP contribution in [0.15, 0.2) is 46.2 Å². The summed E-state index contributed by atoms with van der Waals surface area (Å²) in [7, 11) is 1.79. The van der Waals surface area contributed by atoms with Crippen LogP contribution in [0.3, 0.4) is 0 Å². The van der Waals surface area contributed by atoms with Gasteiger partial charge in [-0.1, -0.05) is 36.9 Å². The number of benzene rings is 1. The van der Waals surface area contributed by atoms with E-state index >= 15 is 0 Å². The summed E-state index contributed by atoms with van der Waals surface area (Å²) in [5, 5.41) is 12.6. The van der Waals surface area contributed by atoms with Gasteiger partial charge in [0.05, 0.1) is 22.2 Å². The largest absolute Gasteiger partial charge is 0.319 e. The Morgan fingerprint density at radius 1 is 1.27 bits per heavy atom. The van der Waals surface area contributed by atoms with Crippen LogP contribution in [0.2, 0.25) is 0 Å². The lowest BCUT2D eigenvalue weighted by molar-refractivity contribution is -0.115. The van der Waals surface area contributed by atoms with Crippen LogP contribution >= 0.6 is 11.8 Å². The number of aryl methyl sites for hydroxylation is 2. The van der Waals surface area contributed by atoms with Crippen LogP contribution in [0.4, 0.5) is 5.69 Å². The molecule has 3 aromatic rings. The molecule has 0 radical (unpaired) electrons. The maximum atomic E-state index is 13.2. The Kier molecular flexibility index (Phi) is 6.70. The molecule has 1 unspecified atom stereocenters. The van der Waals surface area contributed by atoms with Crippen molar-refractivity contribution in [1.29, 1.82) is 5.26 Å². The van der Waals surface area contributed by atoms with Crippen molar-refractivity contribution in [2.45, 2.75) is 56.2 Å². The summed E-state index contributed by atoms with van der Waals surface area (Å²) in [6.45, 7) is 3.73. The number of pyridine rings is 1. The van der Waals surface area contributed by atoms with Crippen LogP contribution in [0.1, 0.15) is 48.7 Å². The number of amides is 1. The van der Waals surface area contributed by atoms with Crippen molar-refractivity contribution >= 4 is 23.4 Å². The van der Waals surface area contributed by atoms with E-state index < -0.39 is 5.25 Å². The van der Waals surface area contributed by atoms with Crippen LogP contribution in [0.5, 0.6) is 0 Å². The Morgan fingerprint density at radius 2 is 2.00 bits per heavy atom. The van der Waals surface area contributed by atoms with Gasteiger partial charge in [-0.25, -0.2) is 9.67 Å². The van der Waals surface area contributed by atoms with Crippen molar-refractivity contribution in [3.63, 3.8) is 0 Å². The van der Waals surface area contributed by atoms with E-state index in [1.54, 1.807) is 11.7 Å². The summed E-state index contributed by atoms with van der Waals surface area (Å²) in [5.74, 6) is -0.267. The monoisotopic (exact) mass is 461 g/mol. The molecular formula is C25H27N5O2S. The van der Waals surface area contributed by atoms with Gasteiger partial charge in [0.15, 0.2) is 0 Å². The number of nitriles is 1. The molecule has 8 heteroatoms. The van der Waals surface area contributed by atoms with Gasteiger partial charge in [-0.2, -0.15) is 5.26 Å². The van der Waals surface area contributed by atoms with E-state index in [1.165, 1.54) is 16.4 Å². The van der Waals surface area contributed by atoms with Crippen LogP contribution in [-0.2, 0) is 24.7 Å². The molecule has 1 N–H and O–H groups in total. The average molecular weight is 462 g/mol. The van der Waals surface area contributed by atoms with E-state index in [-0.39, 0.29) is 17.2 Å². The number of aromatic nitrogens is 3. The smallest absolute Gasteiger partial charge is 0.295 e. The van der Waals surface area contributed by atoms with Crippen molar-refractivity contribution in [3.05, 3.63) is 69.3 Å². The molecule has 0 saturated carbocycles. The number of hydrogen-bond acceptors (Lipinski definition) is 5. The molecule has 4 rings (SSSR count). The standard InChI is InChI=1S/C25H27N5O2S/c1-4-21(33-24-18(15-26)14-17-10-8-9-13-20(17)27-24)23(31)28-22-16(2)29(3)30(25(22)32)19-11-6-5-7-12-19/h5-7,11-12,14,21H,4,8-10,13H2,1-3H3,(H,28,31). The van der Waals surface area contributed by atoms with Gasteiger partial charge in [-0.05, 0) is 62.8 Å². The number of carbonyl (C=O) groups excluding carboxylic acids is 1. The van der Waals surface area contributed by atoms with Gasteiger partial charge in [0.25, 0.3) is 5.56 Å². The van der Waals surface area contributed by atoms with E-state index in [4.69, 9.17) is 4.98 Å². The Hall–Kier alpha value is -3.31. The van der Waals surface area contributed by atoms with Crippen molar-refractivity contribution in [3.8, 4) is 11.8 Å². The molecule has 170 valence electrons. The van der Waals surface area contributed by atoms with Gasteiger partial charge in [0, 0.05) is 12.7 Å². The van der Waals surface area contributed by atoms with E-state index in [9.17, 15) is 14.9 Å². The number of nitrogens with zero attached hydrogens (tertiary/aromatic N) is 4. The number of rotatable bonds is 6. The van der Waals surface area contributed by atoms with Gasteiger partial charge in [-0.15, -0.1) is 0 Å². The molecule has 7 nitrogen and oxygen atoms in total. The second-order valence-corrected chi connectivity index (χ2v) is 9.40. The van der Waals surface area contributed by atoms with E-state index in [0.717, 1.165) is 42.6 Å². The van der Waals surface area contributed by atoms with E-state index in [0.29, 0.717) is 22.7 Å². The first-order chi connectivity index (χ1) is 15.9. The SMILES string of the molecule is CCC(Sc1nc2c(cc1C#N)CCCC2)C(=O)Nc1c(C)n(C)n(-c2ccccc2)c1=O. The minimum Gasteiger partial charge on any atom is -0.319 e. The number of nitrogens with one attached hydrogen (secondary N) is 1. The highest BCUT2D eigenvalue weighted by atomic mass is 32.2. The molecule has 1 aliphatic rings. The summed E-state index contributed by atoms with van der Waals surface area (Å²) in [4.78, 5) is 31.1. The quantitative estimate of drug-likeness (QED) is 0.557. The zero-order valence-electron chi connectivity index (χ0n) is 19.1. The van der Waals surface area contributed by atoms with Crippen molar-refractivity contribution < 1.29 is 4.79 Å². The third kappa shape index (κ3) is 4.46. The predicted molar refractivity (Wildman–Crippen MR) is 130 cm³/mol. The first-order valence-electron chi connectivity index (χ1n) is 11.2. The molecule has 0 saturated heterocycles. The third-order valence-electron chi connectivity index (χ3n) is 6.11. The number of para-hydroxylation sites is 1. The Balaban J connectivity index is 1.60. The van der Waals surface area contributed by atoms with E-state index in [1.807, 2.05) is 50.2 Å². The molecule has 2 aromatic heterocycles. The summed E-state index contributed by atoms with van der Waals surface area (Å²) < 4.78 is 3.28. The second kappa shape index (κ2) is 9.67. The highest BCUT2D eigenvalue weighted by molar-refractivity contribution is 8.00. The number of carbonyl (C=O) groups is 1. The summed E-state index contributed by atoms with van der Waals surface area (Å²) >= 11 is 1.30. The Labute approximate surface area is 197 Å². The van der Waals surface area contributed by atoms with Gasteiger partial charge in [-0.3, -0.25) is 14.3 Å². The van der Waals surface area contributed by atoms with Crippen LogP contribution in [0.25, 0.3) is 5.69 Å². The highest BCUT2D eigenvalue weighted by Gasteiger charge is 2.25. The van der Waals surface area contributed by atoms with Crippen LogP contribution in [-0.4, -0.2) is 25.5 Å². The maximum absolute atomic E-state index is 13.2. The molecule has 0 bridgehead atoms. The Bertz CT molecular complexity index is 1290. The zero-order valence-corrected chi connectivity index (χ0v) is 19.9. The summed E-state index contributed by atoms with van der Waals surface area (Å²) in [5.41, 5.74) is 4.06. The first-order valence-corrected chi connectivity index (χ1v) is 12.1. The lowest BCUT2D eigenvalue weighted by Gasteiger charge is -2.19. The van der Waals surface area contributed by atoms with Crippen molar-refractivity contribution in [2.24, 2.45) is 7.05 Å². The lowest BCUT2D eigenvalue weighted by atomic mass is 9.95. The topological polar surface area (TPSA) is 92.7 Å². The molecule has 33 heavy (non-hydrogen) atoms. The lowest BCUT2D eigenvalue weighted by Crippen LogP contribution is -2.28. The fraction of sp³-hybridized carbons (Fsp3) is 0.360. The molecular weight excluding hydrogens is 434 g/mol. The molecule has 0 fully saturated rings. The number of fused-ring (bicyclic) bond motifs is 1. The fourth-order valence-electron chi connectivity index (χ4n) is 4.16.